The summed E-state index contributed by atoms with van der Waals surface area (Å²) < 4.78 is 46.7. The van der Waals surface area contributed by atoms with Crippen molar-refractivity contribution in [1.82, 2.24) is 10.1 Å². The van der Waals surface area contributed by atoms with Crippen LogP contribution in [0.25, 0.3) is 23.0 Å². The Hall–Kier alpha value is -3.59. The fourth-order valence-electron chi connectivity index (χ4n) is 3.27. The minimum Gasteiger partial charge on any atom is -0.497 e. The molecular formula is C23H22N2O6S. The highest BCUT2D eigenvalue weighted by molar-refractivity contribution is 7.89. The van der Waals surface area contributed by atoms with E-state index in [1.54, 1.807) is 50.6 Å². The van der Waals surface area contributed by atoms with Crippen molar-refractivity contribution < 1.29 is 26.8 Å². The molecule has 0 saturated carbocycles. The molecule has 0 radical (unpaired) electrons. The first-order valence-corrected chi connectivity index (χ1v) is 11.6. The van der Waals surface area contributed by atoms with Crippen LogP contribution in [-0.2, 0) is 21.3 Å². The van der Waals surface area contributed by atoms with Crippen LogP contribution < -0.4 is 9.47 Å². The third kappa shape index (κ3) is 5.00. The lowest BCUT2D eigenvalue weighted by atomic mass is 10.2. The van der Waals surface area contributed by atoms with Crippen LogP contribution in [0.4, 0.5) is 0 Å². The van der Waals surface area contributed by atoms with Crippen molar-refractivity contribution in [3.63, 3.8) is 0 Å². The zero-order chi connectivity index (χ0) is 22.7. The number of hydrogen-bond donors (Lipinski definition) is 0. The summed E-state index contributed by atoms with van der Waals surface area (Å²) >= 11 is 0. The molecule has 0 atom stereocenters. The van der Waals surface area contributed by atoms with Crippen molar-refractivity contribution in [2.24, 2.45) is 0 Å². The van der Waals surface area contributed by atoms with Crippen LogP contribution in [0.5, 0.6) is 11.5 Å². The molecule has 0 bridgehead atoms. The molecule has 0 aliphatic heterocycles. The number of nitrogens with zero attached hydrogens (tertiary/aromatic N) is 2. The second-order valence-electron chi connectivity index (χ2n) is 7.31. The molecule has 0 amide bonds. The molecule has 0 N–H and O–H groups in total. The largest absolute Gasteiger partial charge is 0.497 e. The maximum absolute atomic E-state index is 12.6. The summed E-state index contributed by atoms with van der Waals surface area (Å²) in [4.78, 5) is 4.36. The zero-order valence-electron chi connectivity index (χ0n) is 17.9. The summed E-state index contributed by atoms with van der Waals surface area (Å²) in [7, 11) is -0.308. The third-order valence-electron chi connectivity index (χ3n) is 4.74. The van der Waals surface area contributed by atoms with E-state index >= 15 is 0 Å². The average Bonchev–Trinajstić information content (AvgIpc) is 3.42. The molecule has 4 rings (SSSR count). The first-order valence-electron chi connectivity index (χ1n) is 9.77. The molecule has 0 unspecified atom stereocenters. The smallest absolute Gasteiger partial charge is 0.293 e. The van der Waals surface area contributed by atoms with Gasteiger partial charge in [-0.15, -0.1) is 0 Å². The van der Waals surface area contributed by atoms with Gasteiger partial charge in [-0.25, -0.2) is 8.42 Å². The van der Waals surface area contributed by atoms with Crippen LogP contribution >= 0.6 is 0 Å². The van der Waals surface area contributed by atoms with E-state index in [1.165, 1.54) is 0 Å². The lowest BCUT2D eigenvalue weighted by Gasteiger charge is -2.05. The molecule has 0 spiro atoms. The van der Waals surface area contributed by atoms with E-state index in [9.17, 15) is 8.42 Å². The highest BCUT2D eigenvalue weighted by Gasteiger charge is 2.19. The van der Waals surface area contributed by atoms with Crippen molar-refractivity contribution in [1.29, 1.82) is 0 Å². The van der Waals surface area contributed by atoms with Crippen LogP contribution in [0.2, 0.25) is 0 Å². The number of ether oxygens (including phenoxy) is 2. The number of rotatable bonds is 8. The third-order valence-corrected chi connectivity index (χ3v) is 6.24. The van der Waals surface area contributed by atoms with Crippen LogP contribution in [-0.4, -0.2) is 32.8 Å². The predicted octanol–water partition coefficient (Wildman–Crippen LogP) is 4.44. The summed E-state index contributed by atoms with van der Waals surface area (Å²) in [5, 5.41) is 3.99. The number of benzene rings is 2. The SMILES string of the molecule is COc1cc(OC)cc(-c2noc(-c3ccc(CS(=O)(=O)Cc4cccc(C)c4)o3)n2)c1. The Morgan fingerprint density at radius 2 is 1.69 bits per heavy atom. The Morgan fingerprint density at radius 3 is 2.38 bits per heavy atom. The summed E-state index contributed by atoms with van der Waals surface area (Å²) in [6.07, 6.45) is 0. The summed E-state index contributed by atoms with van der Waals surface area (Å²) in [5.41, 5.74) is 2.40. The molecule has 9 heteroatoms. The molecule has 2 heterocycles. The summed E-state index contributed by atoms with van der Waals surface area (Å²) in [5.74, 6) is 1.94. The van der Waals surface area contributed by atoms with Crippen LogP contribution in [0.3, 0.4) is 0 Å². The van der Waals surface area contributed by atoms with Crippen molar-refractivity contribution >= 4 is 9.84 Å². The van der Waals surface area contributed by atoms with Gasteiger partial charge in [0.15, 0.2) is 15.6 Å². The second kappa shape index (κ2) is 8.88. The van der Waals surface area contributed by atoms with Gasteiger partial charge >= 0.3 is 0 Å². The first kappa shape index (κ1) is 21.6. The molecule has 0 saturated heterocycles. The standard InChI is InChI=1S/C23H22N2O6S/c1-15-5-4-6-16(9-15)13-32(26,27)14-18-7-8-21(30-18)23-24-22(25-31-23)17-10-19(28-2)12-20(11-17)29-3/h4-12H,13-14H2,1-3H3. The molecular weight excluding hydrogens is 432 g/mol. The Labute approximate surface area is 185 Å². The monoisotopic (exact) mass is 454 g/mol. The number of sulfone groups is 1. The number of furan rings is 1. The maximum Gasteiger partial charge on any atom is 0.293 e. The van der Waals surface area contributed by atoms with Crippen LogP contribution in [0.15, 0.2) is 63.5 Å². The minimum absolute atomic E-state index is 0.0624. The predicted molar refractivity (Wildman–Crippen MR) is 118 cm³/mol. The first-order chi connectivity index (χ1) is 15.3. The Balaban J connectivity index is 1.52. The number of aryl methyl sites for hydroxylation is 1. The van der Waals surface area contributed by atoms with Crippen molar-refractivity contribution in [2.45, 2.75) is 18.4 Å². The van der Waals surface area contributed by atoms with Gasteiger partial charge in [0.1, 0.15) is 23.0 Å². The lowest BCUT2D eigenvalue weighted by molar-refractivity contribution is 0.394. The minimum atomic E-state index is -3.41. The van der Waals surface area contributed by atoms with Gasteiger partial charge in [0.25, 0.3) is 5.89 Å². The van der Waals surface area contributed by atoms with Gasteiger partial charge in [-0.05, 0) is 36.8 Å². The average molecular weight is 455 g/mol. The van der Waals surface area contributed by atoms with Crippen molar-refractivity contribution in [3.05, 3.63) is 71.5 Å². The Morgan fingerprint density at radius 1 is 0.938 bits per heavy atom. The molecule has 2 aromatic heterocycles. The van der Waals surface area contributed by atoms with Gasteiger partial charge in [-0.1, -0.05) is 35.0 Å². The lowest BCUT2D eigenvalue weighted by Crippen LogP contribution is -2.07. The van der Waals surface area contributed by atoms with Gasteiger partial charge in [0.2, 0.25) is 5.82 Å². The fraction of sp³-hybridized carbons (Fsp3) is 0.217. The van der Waals surface area contributed by atoms with Gasteiger partial charge in [-0.2, -0.15) is 4.98 Å². The van der Waals surface area contributed by atoms with Gasteiger partial charge in [0, 0.05) is 11.6 Å². The number of hydrogen-bond acceptors (Lipinski definition) is 8. The van der Waals surface area contributed by atoms with E-state index in [0.29, 0.717) is 34.4 Å². The Bertz CT molecular complexity index is 1320. The summed E-state index contributed by atoms with van der Waals surface area (Å²) in [6, 6.07) is 15.9. The number of methoxy groups -OCH3 is 2. The molecule has 32 heavy (non-hydrogen) atoms. The Kier molecular flexibility index (Phi) is 6.00. The molecule has 0 fully saturated rings. The van der Waals surface area contributed by atoms with Gasteiger partial charge < -0.3 is 18.4 Å². The van der Waals surface area contributed by atoms with Gasteiger partial charge in [0.05, 0.1) is 20.0 Å². The van der Waals surface area contributed by atoms with E-state index < -0.39 is 9.84 Å². The molecule has 166 valence electrons. The van der Waals surface area contributed by atoms with Gasteiger partial charge in [-0.3, -0.25) is 0 Å². The van der Waals surface area contributed by atoms with E-state index in [1.807, 2.05) is 25.1 Å². The number of aromatic nitrogens is 2. The van der Waals surface area contributed by atoms with E-state index in [2.05, 4.69) is 10.1 Å². The summed E-state index contributed by atoms with van der Waals surface area (Å²) in [6.45, 7) is 1.93. The van der Waals surface area contributed by atoms with E-state index in [-0.39, 0.29) is 17.4 Å². The second-order valence-corrected chi connectivity index (χ2v) is 9.38. The molecule has 8 nitrogen and oxygen atoms in total. The van der Waals surface area contributed by atoms with E-state index in [4.69, 9.17) is 18.4 Å². The zero-order valence-corrected chi connectivity index (χ0v) is 18.7. The fourth-order valence-corrected chi connectivity index (χ4v) is 4.65. The highest BCUT2D eigenvalue weighted by Crippen LogP contribution is 2.30. The normalized spacial score (nSPS) is 11.5. The highest BCUT2D eigenvalue weighted by atomic mass is 32.2. The molecule has 0 aliphatic carbocycles. The molecule has 0 aliphatic rings. The van der Waals surface area contributed by atoms with Crippen molar-refractivity contribution in [2.75, 3.05) is 14.2 Å². The maximum atomic E-state index is 12.6. The molecule has 2 aromatic carbocycles. The van der Waals surface area contributed by atoms with Crippen LogP contribution in [0.1, 0.15) is 16.9 Å². The van der Waals surface area contributed by atoms with E-state index in [0.717, 1.165) is 11.1 Å². The molecule has 4 aromatic rings. The topological polar surface area (TPSA) is 105 Å². The quantitative estimate of drug-likeness (QED) is 0.385. The van der Waals surface area contributed by atoms with Crippen LogP contribution in [0, 0.1) is 6.92 Å². The van der Waals surface area contributed by atoms with Crippen molar-refractivity contribution in [3.8, 4) is 34.5 Å².